The van der Waals surface area contributed by atoms with Crippen molar-refractivity contribution in [1.29, 1.82) is 0 Å². The van der Waals surface area contributed by atoms with Crippen LogP contribution < -0.4 is 5.32 Å². The minimum absolute atomic E-state index is 0. The smallest absolute Gasteiger partial charge is 0.323 e. The maximum absolute atomic E-state index is 11.0. The number of ether oxygens (including phenoxy) is 1. The van der Waals surface area contributed by atoms with E-state index in [1.165, 1.54) is 0 Å². The van der Waals surface area contributed by atoms with Crippen molar-refractivity contribution in [3.63, 3.8) is 0 Å². The van der Waals surface area contributed by atoms with Crippen LogP contribution in [-0.2, 0) is 9.53 Å². The van der Waals surface area contributed by atoms with E-state index in [9.17, 15) is 4.79 Å². The molecule has 1 fully saturated rings. The maximum atomic E-state index is 11.0. The van der Waals surface area contributed by atoms with Crippen LogP contribution in [0, 0.1) is 0 Å². The molecule has 1 heterocycles. The topological polar surface area (TPSA) is 38.3 Å². The summed E-state index contributed by atoms with van der Waals surface area (Å²) in [4.78, 5) is 11.0. The number of hydrogen-bond donors (Lipinski definition) is 1. The number of hydrogen-bond acceptors (Lipinski definition) is 3. The summed E-state index contributed by atoms with van der Waals surface area (Å²) < 4.78 is 4.82. The Hall–Kier alpha value is -0.570. The lowest BCUT2D eigenvalue weighted by Gasteiger charge is -2.07. The van der Waals surface area contributed by atoms with Crippen molar-refractivity contribution < 1.29 is 11.0 Å². The van der Waals surface area contributed by atoms with Crippen LogP contribution in [0.15, 0.2) is 0 Å². The van der Waals surface area contributed by atoms with Crippen molar-refractivity contribution in [3.05, 3.63) is 0 Å². The van der Waals surface area contributed by atoms with Gasteiger partial charge in [0.25, 0.3) is 0 Å². The number of rotatable bonds is 2. The summed E-state index contributed by atoms with van der Waals surface area (Å²) >= 11 is 0. The molecule has 0 amide bonds. The van der Waals surface area contributed by atoms with E-state index in [1.807, 2.05) is 6.92 Å². The first-order valence-corrected chi connectivity index (χ1v) is 3.74. The summed E-state index contributed by atoms with van der Waals surface area (Å²) in [6.45, 7) is 3.26. The predicted molar refractivity (Wildman–Crippen MR) is 39.8 cm³/mol. The van der Waals surface area contributed by atoms with Gasteiger partial charge in [-0.25, -0.2) is 0 Å². The zero-order valence-electron chi connectivity index (χ0n) is 6.22. The van der Waals surface area contributed by atoms with Crippen molar-refractivity contribution >= 4 is 5.97 Å². The van der Waals surface area contributed by atoms with Gasteiger partial charge in [-0.05, 0) is 26.3 Å². The van der Waals surface area contributed by atoms with E-state index >= 15 is 0 Å². The molecule has 1 atom stereocenters. The average Bonchev–Trinajstić information content (AvgIpc) is 2.38. The molecule has 0 aliphatic carbocycles. The van der Waals surface area contributed by atoms with Gasteiger partial charge in [0.15, 0.2) is 0 Å². The van der Waals surface area contributed by atoms with Gasteiger partial charge in [0.2, 0.25) is 0 Å². The molecular weight excluding hydrogens is 130 g/mol. The third kappa shape index (κ3) is 1.70. The fraction of sp³-hybridized carbons (Fsp3) is 0.857. The molecule has 10 heavy (non-hydrogen) atoms. The number of esters is 1. The summed E-state index contributed by atoms with van der Waals surface area (Å²) in [5.74, 6) is -0.0972. The highest BCUT2D eigenvalue weighted by atomic mass is 16.5. The van der Waals surface area contributed by atoms with E-state index in [0.717, 1.165) is 19.4 Å². The Morgan fingerprint density at radius 3 is 3.20 bits per heavy atom. The first-order chi connectivity index (χ1) is 4.84. The highest BCUT2D eigenvalue weighted by molar-refractivity contribution is 5.76. The third-order valence-electron chi connectivity index (χ3n) is 1.63. The molecule has 0 radical (unpaired) electrons. The van der Waals surface area contributed by atoms with E-state index in [4.69, 9.17) is 4.74 Å². The molecule has 0 bridgehead atoms. The minimum atomic E-state index is -0.0972. The van der Waals surface area contributed by atoms with Crippen LogP contribution in [-0.4, -0.2) is 25.2 Å². The van der Waals surface area contributed by atoms with Crippen molar-refractivity contribution in [2.75, 3.05) is 13.2 Å². The lowest BCUT2D eigenvalue weighted by molar-refractivity contribution is -0.145. The summed E-state index contributed by atoms with van der Waals surface area (Å²) in [7, 11) is 0. The summed E-state index contributed by atoms with van der Waals surface area (Å²) in [5, 5.41) is 3.07. The maximum Gasteiger partial charge on any atom is 0.323 e. The van der Waals surface area contributed by atoms with Crippen molar-refractivity contribution in [1.82, 2.24) is 5.32 Å². The molecule has 3 heteroatoms. The van der Waals surface area contributed by atoms with E-state index in [-0.39, 0.29) is 13.4 Å². The van der Waals surface area contributed by atoms with Crippen LogP contribution in [0.3, 0.4) is 0 Å². The van der Waals surface area contributed by atoms with Gasteiger partial charge < -0.3 is 10.1 Å². The highest BCUT2D eigenvalue weighted by Gasteiger charge is 2.22. The Morgan fingerprint density at radius 1 is 1.90 bits per heavy atom. The van der Waals surface area contributed by atoms with Crippen LogP contribution >= 0.6 is 0 Å². The van der Waals surface area contributed by atoms with Gasteiger partial charge in [0.1, 0.15) is 6.04 Å². The van der Waals surface area contributed by atoms with Crippen molar-refractivity contribution in [3.8, 4) is 0 Å². The molecule has 0 saturated carbocycles. The summed E-state index contributed by atoms with van der Waals surface area (Å²) in [6, 6.07) is -0.0278. The van der Waals surface area contributed by atoms with Crippen molar-refractivity contribution in [2.24, 2.45) is 0 Å². The molecule has 0 spiro atoms. The number of carbonyl (C=O) groups is 1. The average molecular weight is 145 g/mol. The number of nitrogens with one attached hydrogen (secondary N) is 1. The SMILES string of the molecule is CCOC(=O)[C@@H]1CCCN1.[HH]. The molecule has 1 saturated heterocycles. The van der Waals surface area contributed by atoms with Gasteiger partial charge >= 0.3 is 5.97 Å². The lowest BCUT2D eigenvalue weighted by Crippen LogP contribution is -2.32. The molecule has 0 aromatic heterocycles. The molecule has 60 valence electrons. The van der Waals surface area contributed by atoms with E-state index in [2.05, 4.69) is 5.32 Å². The van der Waals surface area contributed by atoms with Gasteiger partial charge in [-0.15, -0.1) is 0 Å². The van der Waals surface area contributed by atoms with Crippen LogP contribution in [0.5, 0.6) is 0 Å². The Morgan fingerprint density at radius 2 is 2.70 bits per heavy atom. The van der Waals surface area contributed by atoms with Gasteiger partial charge in [-0.3, -0.25) is 4.79 Å². The van der Waals surface area contributed by atoms with E-state index in [1.54, 1.807) is 0 Å². The van der Waals surface area contributed by atoms with E-state index in [0.29, 0.717) is 6.61 Å². The molecule has 0 unspecified atom stereocenters. The summed E-state index contributed by atoms with van der Waals surface area (Å²) in [5.41, 5.74) is 0. The molecule has 0 aromatic carbocycles. The van der Waals surface area contributed by atoms with Crippen LogP contribution in [0.2, 0.25) is 0 Å². The zero-order chi connectivity index (χ0) is 7.40. The monoisotopic (exact) mass is 145 g/mol. The molecule has 0 aromatic rings. The van der Waals surface area contributed by atoms with Crippen molar-refractivity contribution in [2.45, 2.75) is 25.8 Å². The zero-order valence-corrected chi connectivity index (χ0v) is 6.22. The fourth-order valence-electron chi connectivity index (χ4n) is 1.13. The normalized spacial score (nSPS) is 24.7. The van der Waals surface area contributed by atoms with Gasteiger partial charge in [-0.2, -0.15) is 0 Å². The Labute approximate surface area is 62.2 Å². The first-order valence-electron chi connectivity index (χ1n) is 3.74. The summed E-state index contributed by atoms with van der Waals surface area (Å²) in [6.07, 6.45) is 2.02. The van der Waals surface area contributed by atoms with Gasteiger partial charge in [0.05, 0.1) is 6.61 Å². The largest absolute Gasteiger partial charge is 0.465 e. The minimum Gasteiger partial charge on any atom is -0.465 e. The fourth-order valence-corrected chi connectivity index (χ4v) is 1.13. The van der Waals surface area contributed by atoms with Gasteiger partial charge in [-0.1, -0.05) is 0 Å². The standard InChI is InChI=1S/C7H13NO2.H2/c1-2-10-7(9)6-4-3-5-8-6;/h6,8H,2-5H2,1H3;1H/t6-;/m0./s1. The molecule has 1 rings (SSSR count). The second kappa shape index (κ2) is 3.56. The van der Waals surface area contributed by atoms with Crippen LogP contribution in [0.1, 0.15) is 21.2 Å². The third-order valence-corrected chi connectivity index (χ3v) is 1.63. The molecule has 1 aliphatic heterocycles. The Balaban J connectivity index is 0.000001000. The first kappa shape index (κ1) is 7.54. The van der Waals surface area contributed by atoms with Crippen LogP contribution in [0.25, 0.3) is 0 Å². The molecule has 3 nitrogen and oxygen atoms in total. The van der Waals surface area contributed by atoms with Gasteiger partial charge in [0, 0.05) is 1.43 Å². The second-order valence-corrected chi connectivity index (χ2v) is 2.40. The second-order valence-electron chi connectivity index (χ2n) is 2.40. The Kier molecular flexibility index (Phi) is 2.68. The molecule has 1 aliphatic rings. The quantitative estimate of drug-likeness (QED) is 0.576. The molecular formula is C7H15NO2. The Bertz CT molecular complexity index is 124. The predicted octanol–water partition coefficient (Wildman–Crippen LogP) is 0.547. The van der Waals surface area contributed by atoms with Crippen LogP contribution in [0.4, 0.5) is 0 Å². The lowest BCUT2D eigenvalue weighted by atomic mass is 10.2. The van der Waals surface area contributed by atoms with E-state index < -0.39 is 0 Å². The molecule has 1 N–H and O–H groups in total. The number of carbonyl (C=O) groups excluding carboxylic acids is 1. The highest BCUT2D eigenvalue weighted by Crippen LogP contribution is 2.05.